The van der Waals surface area contributed by atoms with Gasteiger partial charge in [-0.15, -0.1) is 0 Å². The summed E-state index contributed by atoms with van der Waals surface area (Å²) in [5, 5.41) is 0.0491. The second-order valence-electron chi connectivity index (χ2n) is 4.02. The van der Waals surface area contributed by atoms with Gasteiger partial charge >= 0.3 is 0 Å². The van der Waals surface area contributed by atoms with Gasteiger partial charge in [0.25, 0.3) is 0 Å². The number of nitrogens with zero attached hydrogens (tertiary/aromatic N) is 2. The molecule has 0 spiro atoms. The van der Waals surface area contributed by atoms with Crippen molar-refractivity contribution in [2.75, 3.05) is 5.73 Å². The molecule has 0 radical (unpaired) electrons. The third-order valence-electron chi connectivity index (χ3n) is 2.83. The Morgan fingerprint density at radius 3 is 2.79 bits per heavy atom. The maximum atomic E-state index is 13.2. The van der Waals surface area contributed by atoms with Crippen LogP contribution in [-0.2, 0) is 0 Å². The number of pyridine rings is 1. The van der Waals surface area contributed by atoms with Crippen LogP contribution in [0.3, 0.4) is 0 Å². The average molecular weight is 341 g/mol. The average Bonchev–Trinajstić information content (AvgIpc) is 2.72. The van der Waals surface area contributed by atoms with Gasteiger partial charge in [0, 0.05) is 11.8 Å². The number of benzene rings is 1. The number of hydrogen-bond donors (Lipinski definition) is 1. The monoisotopic (exact) mass is 339 g/mol. The molecule has 0 saturated carbocycles. The molecule has 0 bridgehead atoms. The van der Waals surface area contributed by atoms with Crippen LogP contribution in [-0.4, -0.2) is 9.38 Å². The first kappa shape index (κ1) is 12.4. The lowest BCUT2D eigenvalue weighted by Gasteiger charge is -2.01. The zero-order valence-corrected chi connectivity index (χ0v) is 11.9. The van der Waals surface area contributed by atoms with Gasteiger partial charge < -0.3 is 5.73 Å². The van der Waals surface area contributed by atoms with Crippen molar-refractivity contribution in [3.63, 3.8) is 0 Å². The molecule has 6 heteroatoms. The highest BCUT2D eigenvalue weighted by Gasteiger charge is 2.14. The number of aromatic nitrogens is 2. The molecule has 2 N–H and O–H groups in total. The fraction of sp³-hybridized carbons (Fsp3) is 0. The molecule has 96 valence electrons. The van der Waals surface area contributed by atoms with E-state index in [1.165, 1.54) is 12.1 Å². The van der Waals surface area contributed by atoms with Gasteiger partial charge in [0.1, 0.15) is 17.3 Å². The van der Waals surface area contributed by atoms with Gasteiger partial charge in [-0.05, 0) is 46.3 Å². The first-order valence-corrected chi connectivity index (χ1v) is 6.62. The molecule has 3 nitrogen and oxygen atoms in total. The van der Waals surface area contributed by atoms with Crippen LogP contribution in [0.15, 0.2) is 41.0 Å². The summed E-state index contributed by atoms with van der Waals surface area (Å²) in [6.45, 7) is 0. The van der Waals surface area contributed by atoms with E-state index in [4.69, 9.17) is 17.3 Å². The van der Waals surface area contributed by atoms with E-state index >= 15 is 0 Å². The molecule has 3 aromatic rings. The van der Waals surface area contributed by atoms with Crippen molar-refractivity contribution in [2.24, 2.45) is 0 Å². The maximum absolute atomic E-state index is 13.2. The van der Waals surface area contributed by atoms with Gasteiger partial charge in [0.05, 0.1) is 9.50 Å². The second kappa shape index (κ2) is 4.51. The lowest BCUT2D eigenvalue weighted by Crippen LogP contribution is -1.94. The standard InChI is InChI=1S/C13H8BrClFN3/c14-8-2-1-5-19-12(17)11(18-13(8)19)7-3-4-10(16)9(15)6-7/h1-6H,17H2. The van der Waals surface area contributed by atoms with Crippen LogP contribution in [0.4, 0.5) is 10.2 Å². The minimum atomic E-state index is -0.464. The molecule has 0 aliphatic carbocycles. The minimum Gasteiger partial charge on any atom is -0.383 e. The van der Waals surface area contributed by atoms with E-state index in [1.54, 1.807) is 10.5 Å². The van der Waals surface area contributed by atoms with Crippen LogP contribution in [0.5, 0.6) is 0 Å². The number of halogens is 3. The molecule has 1 aromatic carbocycles. The Bertz CT molecular complexity index is 785. The normalized spacial score (nSPS) is 11.1. The maximum Gasteiger partial charge on any atom is 0.153 e. The van der Waals surface area contributed by atoms with Gasteiger partial charge in [-0.25, -0.2) is 9.37 Å². The molecule has 2 heterocycles. The predicted molar refractivity (Wildman–Crippen MR) is 77.7 cm³/mol. The van der Waals surface area contributed by atoms with Gasteiger partial charge in [0.15, 0.2) is 5.65 Å². The molecule has 0 unspecified atom stereocenters. The third-order valence-corrected chi connectivity index (χ3v) is 3.74. The number of nitrogen functional groups attached to an aromatic ring is 1. The molecule has 0 aliphatic rings. The van der Waals surface area contributed by atoms with Gasteiger partial charge in [-0.1, -0.05) is 11.6 Å². The van der Waals surface area contributed by atoms with Crippen molar-refractivity contribution in [2.45, 2.75) is 0 Å². The zero-order chi connectivity index (χ0) is 13.6. The molecule has 2 aromatic heterocycles. The van der Waals surface area contributed by atoms with Gasteiger partial charge in [-0.2, -0.15) is 0 Å². The summed E-state index contributed by atoms with van der Waals surface area (Å²) in [4.78, 5) is 4.46. The predicted octanol–water partition coefficient (Wildman–Crippen LogP) is 4.14. The highest BCUT2D eigenvalue weighted by molar-refractivity contribution is 9.10. The van der Waals surface area contributed by atoms with E-state index in [2.05, 4.69) is 20.9 Å². The Kier molecular flexibility index (Phi) is 2.95. The molecule has 0 fully saturated rings. The summed E-state index contributed by atoms with van der Waals surface area (Å²) in [5.74, 6) is 0.0212. The number of imidazole rings is 1. The van der Waals surface area contributed by atoms with Crippen molar-refractivity contribution < 1.29 is 4.39 Å². The number of fused-ring (bicyclic) bond motifs is 1. The summed E-state index contributed by atoms with van der Waals surface area (Å²) < 4.78 is 15.8. The van der Waals surface area contributed by atoms with Crippen LogP contribution >= 0.6 is 27.5 Å². The van der Waals surface area contributed by atoms with E-state index < -0.39 is 5.82 Å². The first-order chi connectivity index (χ1) is 9.08. The zero-order valence-electron chi connectivity index (χ0n) is 9.57. The van der Waals surface area contributed by atoms with Gasteiger partial charge in [-0.3, -0.25) is 4.40 Å². The minimum absolute atomic E-state index is 0.0491. The Morgan fingerprint density at radius 1 is 1.32 bits per heavy atom. The van der Waals surface area contributed by atoms with Crippen molar-refractivity contribution in [1.29, 1.82) is 0 Å². The van der Waals surface area contributed by atoms with Gasteiger partial charge in [0.2, 0.25) is 0 Å². The van der Waals surface area contributed by atoms with Crippen LogP contribution in [0.1, 0.15) is 0 Å². The topological polar surface area (TPSA) is 43.3 Å². The van der Waals surface area contributed by atoms with Crippen LogP contribution in [0.25, 0.3) is 16.9 Å². The van der Waals surface area contributed by atoms with E-state index in [-0.39, 0.29) is 5.02 Å². The summed E-state index contributed by atoms with van der Waals surface area (Å²) in [6.07, 6.45) is 1.82. The van der Waals surface area contributed by atoms with Crippen LogP contribution < -0.4 is 5.73 Å². The largest absolute Gasteiger partial charge is 0.383 e. The molecule has 0 atom stereocenters. The molecule has 0 saturated heterocycles. The van der Waals surface area contributed by atoms with E-state index in [0.717, 1.165) is 4.47 Å². The Hall–Kier alpha value is -1.59. The SMILES string of the molecule is Nc1c(-c2ccc(F)c(Cl)c2)nc2c(Br)cccn12. The summed E-state index contributed by atoms with van der Waals surface area (Å²) >= 11 is 9.20. The number of hydrogen-bond acceptors (Lipinski definition) is 2. The van der Waals surface area contributed by atoms with E-state index in [9.17, 15) is 4.39 Å². The highest BCUT2D eigenvalue weighted by Crippen LogP contribution is 2.31. The summed E-state index contributed by atoms with van der Waals surface area (Å²) in [7, 11) is 0. The third kappa shape index (κ3) is 1.99. The van der Waals surface area contributed by atoms with Crippen molar-refractivity contribution in [1.82, 2.24) is 9.38 Å². The molecule has 3 rings (SSSR count). The van der Waals surface area contributed by atoms with Crippen molar-refractivity contribution >= 4 is 39.0 Å². The van der Waals surface area contributed by atoms with E-state index in [1.807, 2.05) is 18.3 Å². The van der Waals surface area contributed by atoms with Crippen LogP contribution in [0.2, 0.25) is 5.02 Å². The highest BCUT2D eigenvalue weighted by atomic mass is 79.9. The lowest BCUT2D eigenvalue weighted by atomic mass is 10.1. The van der Waals surface area contributed by atoms with Crippen LogP contribution in [0, 0.1) is 5.82 Å². The number of nitrogens with two attached hydrogens (primary N) is 1. The molecule has 19 heavy (non-hydrogen) atoms. The Balaban J connectivity index is 2.28. The fourth-order valence-corrected chi connectivity index (χ4v) is 2.52. The number of anilines is 1. The van der Waals surface area contributed by atoms with E-state index in [0.29, 0.717) is 22.7 Å². The quantitative estimate of drug-likeness (QED) is 0.723. The molecule has 0 aliphatic heterocycles. The molecule has 0 amide bonds. The first-order valence-electron chi connectivity index (χ1n) is 5.45. The second-order valence-corrected chi connectivity index (χ2v) is 5.29. The van der Waals surface area contributed by atoms with Crippen molar-refractivity contribution in [3.8, 4) is 11.3 Å². The molecular weight excluding hydrogens is 333 g/mol. The Morgan fingerprint density at radius 2 is 2.11 bits per heavy atom. The number of rotatable bonds is 1. The smallest absolute Gasteiger partial charge is 0.153 e. The molecular formula is C13H8BrClFN3. The summed E-state index contributed by atoms with van der Waals surface area (Å²) in [5.41, 5.74) is 8.03. The Labute approximate surface area is 122 Å². The summed E-state index contributed by atoms with van der Waals surface area (Å²) in [6, 6.07) is 8.16. The van der Waals surface area contributed by atoms with Crippen molar-refractivity contribution in [3.05, 3.63) is 51.8 Å². The fourth-order valence-electron chi connectivity index (χ4n) is 1.91. The lowest BCUT2D eigenvalue weighted by molar-refractivity contribution is 0.628.